The number of halogens is 1. The van der Waals surface area contributed by atoms with Crippen molar-refractivity contribution in [2.24, 2.45) is 0 Å². The van der Waals surface area contributed by atoms with Crippen molar-refractivity contribution >= 4 is 48.9 Å². The number of rotatable bonds is 0. The molecule has 0 aliphatic rings. The third-order valence-electron chi connectivity index (χ3n) is 0. The van der Waals surface area contributed by atoms with Gasteiger partial charge in [-0.25, -0.2) is 18.6 Å². The van der Waals surface area contributed by atoms with Gasteiger partial charge < -0.3 is 0 Å². The molecule has 0 N–H and O–H groups in total. The van der Waals surface area contributed by atoms with Crippen LogP contribution in [0.3, 0.4) is 0 Å². The molecule has 32 valence electrons. The van der Waals surface area contributed by atoms with Crippen LogP contribution in [-0.4, -0.2) is 48.9 Å². The second kappa shape index (κ2) is 3.67. The Morgan fingerprint density at radius 1 is 0.833 bits per heavy atom. The summed E-state index contributed by atoms with van der Waals surface area (Å²) < 4.78 is 34.0. The van der Waals surface area contributed by atoms with Crippen molar-refractivity contribution in [3.63, 3.8) is 0 Å². The van der Waals surface area contributed by atoms with Crippen LogP contribution in [0.15, 0.2) is 0 Å². The minimum atomic E-state index is -4.94. The van der Waals surface area contributed by atoms with Gasteiger partial charge in [-0.15, -0.1) is 10.2 Å². The van der Waals surface area contributed by atoms with Gasteiger partial charge in [0.15, 0.2) is 0 Å². The van der Waals surface area contributed by atoms with E-state index in [9.17, 15) is 0 Å². The van der Waals surface area contributed by atoms with Crippen molar-refractivity contribution in [1.82, 2.24) is 0 Å². The van der Waals surface area contributed by atoms with Crippen molar-refractivity contribution in [2.45, 2.75) is 0 Å². The van der Waals surface area contributed by atoms with Gasteiger partial charge in [-0.1, -0.05) is 0 Å². The first-order valence-corrected chi connectivity index (χ1v) is 1.85. The first-order valence-electron chi connectivity index (χ1n) is 0.617. The summed E-state index contributed by atoms with van der Waals surface area (Å²) in [6.07, 6.45) is 0. The number of hydrogen-bond donors (Lipinski definition) is 0. The molecule has 0 saturated carbocycles. The van der Waals surface area contributed by atoms with Crippen LogP contribution in [0.2, 0.25) is 0 Å². The molecule has 6 heavy (non-hydrogen) atoms. The Hall–Kier alpha value is 1.70. The summed E-state index contributed by atoms with van der Waals surface area (Å²) in [6, 6.07) is 0. The molecule has 0 atom stereocenters. The zero-order valence-corrected chi connectivity index (χ0v) is 7.91. The van der Waals surface area contributed by atoms with E-state index in [0.717, 1.165) is 0 Å². The fourth-order valence-corrected chi connectivity index (χ4v) is 0. The summed E-state index contributed by atoms with van der Waals surface area (Å²) >= 11 is 0. The first-order chi connectivity index (χ1) is 2.00. The molecule has 0 saturated heterocycles. The van der Waals surface area contributed by atoms with Crippen molar-refractivity contribution in [3.05, 3.63) is 0 Å². The van der Waals surface area contributed by atoms with Crippen LogP contribution >= 0.6 is 0 Å². The van der Waals surface area contributed by atoms with E-state index in [0.29, 0.717) is 0 Å². The smallest absolute Gasteiger partial charge is 0.222 e. The Labute approximate surface area is 76.6 Å². The fourth-order valence-electron chi connectivity index (χ4n) is 0. The minimum absolute atomic E-state index is 0. The van der Waals surface area contributed by atoms with Gasteiger partial charge in [0.1, 0.15) is 0 Å². The van der Waals surface area contributed by atoms with Crippen LogP contribution in [0, 0.1) is 10.2 Å². The monoisotopic (exact) mass is 237 g/mol. The van der Waals surface area contributed by atoms with Gasteiger partial charge in [0.05, 0.1) is 0 Å². The Balaban J connectivity index is 0. The van der Waals surface area contributed by atoms with E-state index < -0.39 is 10.2 Å². The summed E-state index contributed by atoms with van der Waals surface area (Å²) in [7, 11) is -4.94. The van der Waals surface area contributed by atoms with Gasteiger partial charge >= 0.3 is 48.9 Å². The van der Waals surface area contributed by atoms with Crippen molar-refractivity contribution in [1.29, 1.82) is 0 Å². The topological polar surface area (TPSA) is 92.2 Å². The van der Waals surface area contributed by atoms with Crippen LogP contribution in [0.4, 0.5) is 0 Å². The second-order valence-corrected chi connectivity index (χ2v) is 1.13. The summed E-state index contributed by atoms with van der Waals surface area (Å²) in [5.41, 5.74) is 0. The van der Waals surface area contributed by atoms with Crippen LogP contribution in [-0.2, 0) is 0 Å². The van der Waals surface area contributed by atoms with Crippen molar-refractivity contribution in [2.75, 3.05) is 0 Å². The molecule has 0 amide bonds. The van der Waals surface area contributed by atoms with Gasteiger partial charge in [-0.2, -0.15) is 0 Å². The molecule has 6 heteroatoms. The van der Waals surface area contributed by atoms with E-state index in [2.05, 4.69) is 0 Å². The molecule has 0 bridgehead atoms. The van der Waals surface area contributed by atoms with Crippen LogP contribution in [0.5, 0.6) is 0 Å². The molecule has 0 aromatic rings. The van der Waals surface area contributed by atoms with Gasteiger partial charge in [-0.3, -0.25) is 0 Å². The van der Waals surface area contributed by atoms with Gasteiger partial charge in [-0.05, 0) is 0 Å². The molecule has 0 spiro atoms. The average molecular weight is 237 g/mol. The second-order valence-electron chi connectivity index (χ2n) is 0.378. The molecule has 0 aromatic carbocycles. The molecule has 0 rings (SSSR count). The summed E-state index contributed by atoms with van der Waals surface area (Å²) in [4.78, 5) is 0. The summed E-state index contributed by atoms with van der Waals surface area (Å²) in [5.74, 6) is 0. The van der Waals surface area contributed by atoms with Crippen LogP contribution in [0.1, 0.15) is 0 Å². The SMILES string of the molecule is [Ba+2].[O-][Cl+3]([O-])([O-])[O-]. The third kappa shape index (κ3) is 43.5. The predicted octanol–water partition coefficient (Wildman–Crippen LogP) is -5.14. The molecule has 0 unspecified atom stereocenters. The zero-order chi connectivity index (χ0) is 4.50. The maximum atomic E-state index is 8.49. The van der Waals surface area contributed by atoms with Crippen LogP contribution < -0.4 is 18.6 Å². The summed E-state index contributed by atoms with van der Waals surface area (Å²) in [6.45, 7) is 0. The predicted molar refractivity (Wildman–Crippen MR) is 5.75 cm³/mol. The minimum Gasteiger partial charge on any atom is -0.222 e. The van der Waals surface area contributed by atoms with E-state index in [4.69, 9.17) is 18.6 Å². The van der Waals surface area contributed by atoms with Crippen LogP contribution in [0.25, 0.3) is 0 Å². The van der Waals surface area contributed by atoms with Gasteiger partial charge in [0, 0.05) is 0 Å². The molecule has 0 radical (unpaired) electrons. The maximum Gasteiger partial charge on any atom is 2.00 e. The largest absolute Gasteiger partial charge is 2.00 e. The van der Waals surface area contributed by atoms with Crippen molar-refractivity contribution < 1.29 is 28.9 Å². The molecule has 0 aromatic heterocycles. The maximum absolute atomic E-state index is 8.49. The molecule has 0 fully saturated rings. The van der Waals surface area contributed by atoms with Gasteiger partial charge in [0.25, 0.3) is 0 Å². The third-order valence-corrected chi connectivity index (χ3v) is 0. The Bertz CT molecular complexity index is 23.0. The van der Waals surface area contributed by atoms with E-state index >= 15 is 0 Å². The molecular weight excluding hydrogens is 237 g/mol. The van der Waals surface area contributed by atoms with Gasteiger partial charge in [0.2, 0.25) is 0 Å². The molecule has 4 nitrogen and oxygen atoms in total. The standard InChI is InChI=1S/Ba.ClHO4/c;2-1(3,4)5/h;(H,2,3,4,5)/q+2;/p-1. The molecular formula is BaClO4+. The Morgan fingerprint density at radius 2 is 0.833 bits per heavy atom. The van der Waals surface area contributed by atoms with E-state index in [-0.39, 0.29) is 48.9 Å². The Kier molecular flexibility index (Phi) is 6.51. The normalized spacial score (nSPS) is 10.0. The average Bonchev–Trinajstić information content (AvgIpc) is 0.722. The van der Waals surface area contributed by atoms with E-state index in [1.165, 1.54) is 0 Å². The Morgan fingerprint density at radius 3 is 0.833 bits per heavy atom. The molecule has 0 aliphatic heterocycles. The van der Waals surface area contributed by atoms with E-state index in [1.807, 2.05) is 0 Å². The number of hydrogen-bond acceptors (Lipinski definition) is 4. The molecule has 0 heterocycles. The molecule has 0 aliphatic carbocycles. The summed E-state index contributed by atoms with van der Waals surface area (Å²) in [5, 5.41) is 0. The van der Waals surface area contributed by atoms with E-state index in [1.54, 1.807) is 0 Å². The zero-order valence-electron chi connectivity index (χ0n) is 2.72. The fraction of sp³-hybridized carbons (Fsp3) is 0. The van der Waals surface area contributed by atoms with Crippen molar-refractivity contribution in [3.8, 4) is 0 Å². The first kappa shape index (κ1) is 10.6. The quantitative estimate of drug-likeness (QED) is 0.394.